The molecule has 1 saturated heterocycles. The molecular formula is C19H23N5O4. The van der Waals surface area contributed by atoms with Gasteiger partial charge in [-0.15, -0.1) is 0 Å². The number of imidazole rings is 1. The van der Waals surface area contributed by atoms with E-state index in [2.05, 4.69) is 20.3 Å². The van der Waals surface area contributed by atoms with Crippen molar-refractivity contribution in [2.75, 3.05) is 12.4 Å². The zero-order valence-corrected chi connectivity index (χ0v) is 15.7. The van der Waals surface area contributed by atoms with Crippen molar-refractivity contribution in [3.05, 3.63) is 42.5 Å². The van der Waals surface area contributed by atoms with Gasteiger partial charge in [0.15, 0.2) is 23.2 Å². The number of benzene rings is 1. The fourth-order valence-electron chi connectivity index (χ4n) is 3.39. The molecule has 2 aromatic heterocycles. The molecule has 1 aromatic carbocycles. The summed E-state index contributed by atoms with van der Waals surface area (Å²) in [5.41, 5.74) is 2.16. The third kappa shape index (κ3) is 3.28. The number of nitrogens with zero attached hydrogens (tertiary/aromatic N) is 4. The lowest BCUT2D eigenvalue weighted by Gasteiger charge is -2.16. The lowest BCUT2D eigenvalue weighted by atomic mass is 10.1. The lowest BCUT2D eigenvalue weighted by Crippen LogP contribution is -2.31. The van der Waals surface area contributed by atoms with Gasteiger partial charge in [-0.05, 0) is 24.1 Å². The summed E-state index contributed by atoms with van der Waals surface area (Å²) in [6.45, 7) is 2.46. The topological polar surface area (TPSA) is 115 Å². The molecule has 28 heavy (non-hydrogen) atoms. The van der Waals surface area contributed by atoms with Gasteiger partial charge in [0.05, 0.1) is 19.5 Å². The molecule has 0 amide bonds. The average Bonchev–Trinajstić information content (AvgIpc) is 3.28. The van der Waals surface area contributed by atoms with E-state index in [1.54, 1.807) is 18.0 Å². The van der Waals surface area contributed by atoms with Crippen molar-refractivity contribution >= 4 is 17.0 Å². The van der Waals surface area contributed by atoms with Gasteiger partial charge >= 0.3 is 0 Å². The highest BCUT2D eigenvalue weighted by atomic mass is 16.6. The summed E-state index contributed by atoms with van der Waals surface area (Å²) in [4.78, 5) is 13.0. The molecule has 0 aliphatic carbocycles. The van der Waals surface area contributed by atoms with Gasteiger partial charge in [0.2, 0.25) is 0 Å². The van der Waals surface area contributed by atoms with Gasteiger partial charge in [-0.2, -0.15) is 0 Å². The van der Waals surface area contributed by atoms with Crippen molar-refractivity contribution in [2.24, 2.45) is 0 Å². The smallest absolute Gasteiger partial charge is 0.167 e. The molecule has 4 atom stereocenters. The van der Waals surface area contributed by atoms with E-state index in [9.17, 15) is 10.2 Å². The molecule has 148 valence electrons. The van der Waals surface area contributed by atoms with Crippen molar-refractivity contribution in [3.8, 4) is 5.75 Å². The first-order chi connectivity index (χ1) is 13.6. The van der Waals surface area contributed by atoms with Crippen molar-refractivity contribution in [3.63, 3.8) is 0 Å². The van der Waals surface area contributed by atoms with E-state index in [1.807, 2.05) is 31.2 Å². The van der Waals surface area contributed by atoms with Crippen LogP contribution in [0.1, 0.15) is 25.1 Å². The van der Waals surface area contributed by atoms with E-state index in [0.29, 0.717) is 29.9 Å². The number of fused-ring (bicyclic) bond motifs is 1. The van der Waals surface area contributed by atoms with Gasteiger partial charge < -0.3 is 25.0 Å². The summed E-state index contributed by atoms with van der Waals surface area (Å²) in [6, 6.07) is 7.74. The lowest BCUT2D eigenvalue weighted by molar-refractivity contribution is -0.0355. The van der Waals surface area contributed by atoms with Crippen LogP contribution in [0.25, 0.3) is 11.2 Å². The Morgan fingerprint density at radius 3 is 2.61 bits per heavy atom. The fraction of sp³-hybridized carbons (Fsp3) is 0.421. The first kappa shape index (κ1) is 18.6. The number of rotatable bonds is 6. The minimum absolute atomic E-state index is 0.424. The molecule has 1 aliphatic rings. The van der Waals surface area contributed by atoms with E-state index in [1.165, 1.54) is 6.33 Å². The maximum Gasteiger partial charge on any atom is 0.167 e. The zero-order chi connectivity index (χ0) is 19.7. The Balaban J connectivity index is 1.56. The number of anilines is 1. The number of methoxy groups -OCH3 is 1. The van der Waals surface area contributed by atoms with Crippen LogP contribution in [0.3, 0.4) is 0 Å². The molecule has 3 N–H and O–H groups in total. The number of hydrogen-bond acceptors (Lipinski definition) is 8. The van der Waals surface area contributed by atoms with Crippen molar-refractivity contribution in [2.45, 2.75) is 44.4 Å². The van der Waals surface area contributed by atoms with Crippen molar-refractivity contribution in [1.82, 2.24) is 19.5 Å². The van der Waals surface area contributed by atoms with Crippen LogP contribution in [0, 0.1) is 0 Å². The second kappa shape index (κ2) is 7.70. The molecule has 9 nitrogen and oxygen atoms in total. The molecule has 3 aromatic rings. The molecule has 0 spiro atoms. The Morgan fingerprint density at radius 2 is 1.93 bits per heavy atom. The van der Waals surface area contributed by atoms with E-state index in [-0.39, 0.29) is 0 Å². The van der Waals surface area contributed by atoms with Crippen molar-refractivity contribution < 1.29 is 19.7 Å². The van der Waals surface area contributed by atoms with Gasteiger partial charge in [-0.3, -0.25) is 4.57 Å². The molecule has 1 fully saturated rings. The van der Waals surface area contributed by atoms with Crippen LogP contribution in [0.5, 0.6) is 5.75 Å². The Labute approximate surface area is 162 Å². The third-order valence-electron chi connectivity index (χ3n) is 4.99. The maximum absolute atomic E-state index is 10.4. The number of hydrogen-bond donors (Lipinski definition) is 3. The fourth-order valence-corrected chi connectivity index (χ4v) is 3.39. The number of ether oxygens (including phenoxy) is 2. The van der Waals surface area contributed by atoms with Crippen LogP contribution in [0.4, 0.5) is 5.82 Å². The van der Waals surface area contributed by atoms with E-state index in [0.717, 1.165) is 11.3 Å². The van der Waals surface area contributed by atoms with Crippen molar-refractivity contribution in [1.29, 1.82) is 0 Å². The quantitative estimate of drug-likeness (QED) is 0.585. The number of nitrogens with one attached hydrogen (secondary N) is 1. The predicted molar refractivity (Wildman–Crippen MR) is 102 cm³/mol. The zero-order valence-electron chi connectivity index (χ0n) is 15.7. The highest BCUT2D eigenvalue weighted by Gasteiger charge is 2.43. The number of aliphatic hydroxyl groups excluding tert-OH is 2. The van der Waals surface area contributed by atoms with Gasteiger partial charge in [-0.25, -0.2) is 15.0 Å². The molecule has 0 radical (unpaired) electrons. The van der Waals surface area contributed by atoms with E-state index >= 15 is 0 Å². The summed E-state index contributed by atoms with van der Waals surface area (Å²) in [5.74, 6) is 1.38. The van der Waals surface area contributed by atoms with Crippen LogP contribution < -0.4 is 10.1 Å². The molecule has 2 unspecified atom stereocenters. The van der Waals surface area contributed by atoms with Crippen LogP contribution in [0.15, 0.2) is 36.9 Å². The molecule has 1 aliphatic heterocycles. The molecule has 3 heterocycles. The summed E-state index contributed by atoms with van der Waals surface area (Å²) in [6.07, 6.45) is 0.434. The van der Waals surface area contributed by atoms with Gasteiger partial charge in [-0.1, -0.05) is 19.1 Å². The monoisotopic (exact) mass is 385 g/mol. The highest BCUT2D eigenvalue weighted by molar-refractivity contribution is 5.82. The standard InChI is InChI=1S/C19H23N5O4/c1-3-13-15(25)16(26)19(28-13)24-10-23-14-17(21-9-22-18(14)24)20-8-11-4-6-12(27-2)7-5-11/h4-7,9-10,13,15-16,19,25-26H,3,8H2,1-2H3,(H,20,21,22)/t13-,15?,16?,19-/m1/s1. The maximum atomic E-state index is 10.4. The Kier molecular flexibility index (Phi) is 5.12. The first-order valence-electron chi connectivity index (χ1n) is 9.18. The Morgan fingerprint density at radius 1 is 1.14 bits per heavy atom. The molecule has 0 saturated carbocycles. The molecule has 9 heteroatoms. The normalized spacial score (nSPS) is 24.6. The van der Waals surface area contributed by atoms with Crippen LogP contribution in [-0.2, 0) is 11.3 Å². The predicted octanol–water partition coefficient (Wildman–Crippen LogP) is 1.48. The minimum Gasteiger partial charge on any atom is -0.497 e. The summed E-state index contributed by atoms with van der Waals surface area (Å²) < 4.78 is 12.6. The van der Waals surface area contributed by atoms with Crippen LogP contribution in [0.2, 0.25) is 0 Å². The second-order valence-electron chi connectivity index (χ2n) is 6.70. The largest absolute Gasteiger partial charge is 0.497 e. The van der Waals surface area contributed by atoms with Gasteiger partial charge in [0.1, 0.15) is 24.3 Å². The summed E-state index contributed by atoms with van der Waals surface area (Å²) in [7, 11) is 1.63. The van der Waals surface area contributed by atoms with Gasteiger partial charge in [0.25, 0.3) is 0 Å². The second-order valence-corrected chi connectivity index (χ2v) is 6.70. The summed E-state index contributed by atoms with van der Waals surface area (Å²) >= 11 is 0. The highest BCUT2D eigenvalue weighted by Crippen LogP contribution is 2.33. The van der Waals surface area contributed by atoms with E-state index in [4.69, 9.17) is 9.47 Å². The Hall–Kier alpha value is -2.75. The third-order valence-corrected chi connectivity index (χ3v) is 4.99. The molecule has 4 rings (SSSR count). The average molecular weight is 385 g/mol. The molecular weight excluding hydrogens is 362 g/mol. The number of aromatic nitrogens is 4. The Bertz CT molecular complexity index is 945. The van der Waals surface area contributed by atoms with E-state index < -0.39 is 24.5 Å². The van der Waals surface area contributed by atoms with Gasteiger partial charge in [0, 0.05) is 6.54 Å². The van der Waals surface area contributed by atoms with Crippen LogP contribution >= 0.6 is 0 Å². The first-order valence-corrected chi connectivity index (χ1v) is 9.18. The molecule has 0 bridgehead atoms. The minimum atomic E-state index is -1.05. The number of aliphatic hydroxyl groups is 2. The SMILES string of the molecule is CC[C@H]1O[C@@H](n2cnc3c(NCc4ccc(OC)cc4)ncnc32)C(O)C1O. The summed E-state index contributed by atoms with van der Waals surface area (Å²) in [5, 5.41) is 23.8. The van der Waals surface area contributed by atoms with Crippen LogP contribution in [-0.4, -0.2) is 55.2 Å².